The van der Waals surface area contributed by atoms with E-state index in [1.807, 2.05) is 30.3 Å². The van der Waals surface area contributed by atoms with Gasteiger partial charge < -0.3 is 10.4 Å². The van der Waals surface area contributed by atoms with Crippen molar-refractivity contribution in [3.63, 3.8) is 0 Å². The van der Waals surface area contributed by atoms with Gasteiger partial charge in [0.05, 0.1) is 6.54 Å². The van der Waals surface area contributed by atoms with Crippen LogP contribution in [0.15, 0.2) is 30.3 Å². The van der Waals surface area contributed by atoms with Crippen LogP contribution in [-0.2, 0) is 10.4 Å². The van der Waals surface area contributed by atoms with Crippen LogP contribution in [0.2, 0.25) is 0 Å². The van der Waals surface area contributed by atoms with E-state index < -0.39 is 5.60 Å². The lowest BCUT2D eigenvalue weighted by Crippen LogP contribution is -2.55. The molecule has 3 rings (SSSR count). The summed E-state index contributed by atoms with van der Waals surface area (Å²) in [6.07, 6.45) is 4.72. The first-order valence-electron chi connectivity index (χ1n) is 10.3. The minimum Gasteiger partial charge on any atom is -0.375 e. The quantitative estimate of drug-likeness (QED) is 0.786. The van der Waals surface area contributed by atoms with Crippen LogP contribution in [0.25, 0.3) is 0 Å². The Morgan fingerprint density at radius 3 is 2.44 bits per heavy atom. The van der Waals surface area contributed by atoms with Gasteiger partial charge in [-0.1, -0.05) is 62.4 Å². The molecule has 4 heteroatoms. The molecule has 0 radical (unpaired) electrons. The molecule has 1 unspecified atom stereocenters. The molecule has 1 aromatic carbocycles. The minimum atomic E-state index is -1.40. The van der Waals surface area contributed by atoms with Gasteiger partial charge in [-0.05, 0) is 31.2 Å². The van der Waals surface area contributed by atoms with E-state index in [-0.39, 0.29) is 17.9 Å². The van der Waals surface area contributed by atoms with E-state index in [2.05, 4.69) is 35.9 Å². The molecule has 0 bridgehead atoms. The predicted octanol–water partition coefficient (Wildman–Crippen LogP) is 2.91. The second-order valence-electron chi connectivity index (χ2n) is 8.26. The first-order valence-corrected chi connectivity index (χ1v) is 10.3. The van der Waals surface area contributed by atoms with Gasteiger partial charge in [-0.3, -0.25) is 9.69 Å². The Kier molecular flexibility index (Phi) is 6.57. The normalized spacial score (nSPS) is 21.0. The van der Waals surface area contributed by atoms with Crippen molar-refractivity contribution in [2.45, 2.75) is 57.6 Å². The standard InChI is InChI=1S/C23H32N2O2/c1-18(2)8-7-15-25-16-13-21(14-17-25)24-22(26)23(27,20-11-6-12-20)19-9-4-3-5-10-19/h3-5,9-10,18,20-21,27H,6,11-17H2,1-2H3,(H,24,26). The first-order chi connectivity index (χ1) is 13.0. The number of nitrogens with one attached hydrogen (secondary N) is 1. The zero-order chi connectivity index (χ0) is 19.3. The summed E-state index contributed by atoms with van der Waals surface area (Å²) in [5, 5.41) is 14.5. The van der Waals surface area contributed by atoms with Crippen LogP contribution in [0.4, 0.5) is 0 Å². The maximum atomic E-state index is 13.1. The molecule has 27 heavy (non-hydrogen) atoms. The van der Waals surface area contributed by atoms with Gasteiger partial charge in [0, 0.05) is 31.0 Å². The number of rotatable bonds is 5. The maximum absolute atomic E-state index is 13.1. The molecular formula is C23H32N2O2. The molecule has 0 aromatic heterocycles. The third-order valence-electron chi connectivity index (χ3n) is 5.87. The zero-order valence-electron chi connectivity index (χ0n) is 16.6. The molecule has 1 saturated heterocycles. The van der Waals surface area contributed by atoms with Crippen molar-refractivity contribution < 1.29 is 9.90 Å². The fourth-order valence-corrected chi connectivity index (χ4v) is 3.96. The summed E-state index contributed by atoms with van der Waals surface area (Å²) in [4.78, 5) is 15.4. The lowest BCUT2D eigenvalue weighted by molar-refractivity contribution is -0.153. The molecule has 1 amide bonds. The Hall–Kier alpha value is -1.83. The summed E-state index contributed by atoms with van der Waals surface area (Å²) in [5.41, 5.74) is -0.687. The third kappa shape index (κ3) is 4.72. The van der Waals surface area contributed by atoms with Crippen molar-refractivity contribution in [2.24, 2.45) is 11.8 Å². The van der Waals surface area contributed by atoms with E-state index in [1.165, 1.54) is 0 Å². The Morgan fingerprint density at radius 1 is 1.22 bits per heavy atom. The number of likely N-dealkylation sites (tertiary alicyclic amines) is 1. The molecule has 1 atom stereocenters. The van der Waals surface area contributed by atoms with Crippen LogP contribution in [0.3, 0.4) is 0 Å². The van der Waals surface area contributed by atoms with Crippen LogP contribution >= 0.6 is 0 Å². The van der Waals surface area contributed by atoms with Crippen molar-refractivity contribution in [3.8, 4) is 11.8 Å². The van der Waals surface area contributed by atoms with E-state index in [4.69, 9.17) is 0 Å². The third-order valence-corrected chi connectivity index (χ3v) is 5.87. The number of hydrogen-bond acceptors (Lipinski definition) is 3. The van der Waals surface area contributed by atoms with Crippen molar-refractivity contribution >= 4 is 5.91 Å². The molecule has 1 aromatic rings. The number of carbonyl (C=O) groups excluding carboxylic acids is 1. The molecule has 146 valence electrons. The van der Waals surface area contributed by atoms with Crippen molar-refractivity contribution in [1.29, 1.82) is 0 Å². The van der Waals surface area contributed by atoms with Gasteiger partial charge in [0.15, 0.2) is 5.60 Å². The van der Waals surface area contributed by atoms with Gasteiger partial charge in [0.1, 0.15) is 0 Å². The highest BCUT2D eigenvalue weighted by Crippen LogP contribution is 2.42. The fourth-order valence-electron chi connectivity index (χ4n) is 3.96. The van der Waals surface area contributed by atoms with Crippen molar-refractivity contribution in [2.75, 3.05) is 19.6 Å². The van der Waals surface area contributed by atoms with Crippen molar-refractivity contribution in [3.05, 3.63) is 35.9 Å². The smallest absolute Gasteiger partial charge is 0.257 e. The van der Waals surface area contributed by atoms with Gasteiger partial charge in [-0.25, -0.2) is 0 Å². The minimum absolute atomic E-state index is 0.0197. The summed E-state index contributed by atoms with van der Waals surface area (Å²) in [6.45, 7) is 6.88. The summed E-state index contributed by atoms with van der Waals surface area (Å²) in [6, 6.07) is 9.57. The van der Waals surface area contributed by atoms with Crippen LogP contribution in [-0.4, -0.2) is 41.6 Å². The Labute approximate surface area is 163 Å². The zero-order valence-corrected chi connectivity index (χ0v) is 16.6. The Morgan fingerprint density at radius 2 is 1.89 bits per heavy atom. The Balaban J connectivity index is 1.58. The van der Waals surface area contributed by atoms with E-state index >= 15 is 0 Å². The number of hydrogen-bond donors (Lipinski definition) is 2. The van der Waals surface area contributed by atoms with E-state index in [9.17, 15) is 9.90 Å². The highest BCUT2D eigenvalue weighted by molar-refractivity contribution is 5.87. The topological polar surface area (TPSA) is 52.6 Å². The molecule has 1 heterocycles. The number of amides is 1. The predicted molar refractivity (Wildman–Crippen MR) is 108 cm³/mol. The SMILES string of the molecule is CC(C)C#CCN1CCC(NC(=O)C(O)(c2ccccc2)C2CCC2)CC1. The van der Waals surface area contributed by atoms with Gasteiger partial charge in [-0.15, -0.1) is 0 Å². The molecule has 1 aliphatic carbocycles. The first kappa shape index (κ1) is 19.9. The summed E-state index contributed by atoms with van der Waals surface area (Å²) in [7, 11) is 0. The van der Waals surface area contributed by atoms with E-state index in [0.717, 1.165) is 51.7 Å². The fraction of sp³-hybridized carbons (Fsp3) is 0.609. The average Bonchev–Trinajstić information content (AvgIpc) is 2.62. The van der Waals surface area contributed by atoms with Crippen molar-refractivity contribution in [1.82, 2.24) is 10.2 Å². The van der Waals surface area contributed by atoms with Crippen LogP contribution in [0, 0.1) is 23.7 Å². The van der Waals surface area contributed by atoms with Crippen LogP contribution in [0.1, 0.15) is 51.5 Å². The molecule has 1 saturated carbocycles. The molecule has 2 N–H and O–H groups in total. The van der Waals surface area contributed by atoms with Crippen LogP contribution in [0.5, 0.6) is 0 Å². The highest BCUT2D eigenvalue weighted by atomic mass is 16.3. The van der Waals surface area contributed by atoms with E-state index in [0.29, 0.717) is 11.5 Å². The number of nitrogens with zero attached hydrogens (tertiary/aromatic N) is 1. The second kappa shape index (κ2) is 8.91. The molecule has 0 spiro atoms. The average molecular weight is 369 g/mol. The van der Waals surface area contributed by atoms with E-state index in [1.54, 1.807) is 0 Å². The summed E-state index contributed by atoms with van der Waals surface area (Å²) in [5.74, 6) is 6.64. The second-order valence-corrected chi connectivity index (χ2v) is 8.26. The van der Waals surface area contributed by atoms with Gasteiger partial charge in [0.2, 0.25) is 0 Å². The Bertz CT molecular complexity index is 679. The summed E-state index contributed by atoms with van der Waals surface area (Å²) >= 11 is 0. The maximum Gasteiger partial charge on any atom is 0.257 e. The molecule has 2 fully saturated rings. The lowest BCUT2D eigenvalue weighted by atomic mass is 9.69. The molecule has 4 nitrogen and oxygen atoms in total. The van der Waals surface area contributed by atoms with Gasteiger partial charge in [-0.2, -0.15) is 0 Å². The van der Waals surface area contributed by atoms with Crippen LogP contribution < -0.4 is 5.32 Å². The number of carbonyl (C=O) groups is 1. The number of benzene rings is 1. The monoisotopic (exact) mass is 368 g/mol. The van der Waals surface area contributed by atoms with Gasteiger partial charge >= 0.3 is 0 Å². The molecular weight excluding hydrogens is 336 g/mol. The van der Waals surface area contributed by atoms with Gasteiger partial charge in [0.25, 0.3) is 5.91 Å². The summed E-state index contributed by atoms with van der Waals surface area (Å²) < 4.78 is 0. The largest absolute Gasteiger partial charge is 0.375 e. The number of piperidine rings is 1. The highest BCUT2D eigenvalue weighted by Gasteiger charge is 2.48. The molecule has 2 aliphatic rings. The number of aliphatic hydroxyl groups is 1. The lowest BCUT2D eigenvalue weighted by Gasteiger charge is -2.42. The molecule has 1 aliphatic heterocycles.